The van der Waals surface area contributed by atoms with E-state index in [1.807, 2.05) is 56.3 Å². The summed E-state index contributed by atoms with van der Waals surface area (Å²) in [5.74, 6) is 0.922. The van der Waals surface area contributed by atoms with Crippen LogP contribution in [0.1, 0.15) is 51.5 Å². The molecule has 4 aromatic rings. The van der Waals surface area contributed by atoms with Crippen LogP contribution in [-0.4, -0.2) is 20.7 Å². The van der Waals surface area contributed by atoms with Gasteiger partial charge >= 0.3 is 0 Å². The molecule has 5 nitrogen and oxygen atoms in total. The number of nitrogens with one attached hydrogen (secondary N) is 1. The Morgan fingerprint density at radius 2 is 1.85 bits per heavy atom. The molecule has 7 heteroatoms. The summed E-state index contributed by atoms with van der Waals surface area (Å²) < 4.78 is 2.25. The minimum absolute atomic E-state index is 0.0543. The Bertz CT molecular complexity index is 1230. The first-order valence-corrected chi connectivity index (χ1v) is 12.9. The first-order valence-electron chi connectivity index (χ1n) is 11.1. The van der Waals surface area contributed by atoms with E-state index in [4.69, 9.17) is 0 Å². The van der Waals surface area contributed by atoms with E-state index < -0.39 is 5.25 Å². The van der Waals surface area contributed by atoms with E-state index in [9.17, 15) is 4.79 Å². The highest BCUT2D eigenvalue weighted by Crippen LogP contribution is 2.43. The third-order valence-corrected chi connectivity index (χ3v) is 7.70. The fourth-order valence-corrected chi connectivity index (χ4v) is 5.87. The number of aromatic nitrogens is 3. The number of anilines is 1. The van der Waals surface area contributed by atoms with E-state index in [-0.39, 0.29) is 5.91 Å². The van der Waals surface area contributed by atoms with Gasteiger partial charge in [-0.15, -0.1) is 21.5 Å². The molecule has 1 fully saturated rings. The molecular weight excluding hydrogens is 448 g/mol. The lowest BCUT2D eigenvalue weighted by molar-refractivity contribution is -0.115. The molecular formula is C26H26N4OS2. The third kappa shape index (κ3) is 5.20. The smallest absolute Gasteiger partial charge is 0.242 e. The largest absolute Gasteiger partial charge is 0.325 e. The number of rotatable bonds is 8. The Kier molecular flexibility index (Phi) is 6.33. The lowest BCUT2D eigenvalue weighted by atomic mass is 10.1. The number of hydrogen-bond acceptors (Lipinski definition) is 5. The predicted octanol–water partition coefficient (Wildman–Crippen LogP) is 6.35. The van der Waals surface area contributed by atoms with Crippen LogP contribution in [0.4, 0.5) is 5.69 Å². The molecule has 0 unspecified atom stereocenters. The molecule has 0 aliphatic heterocycles. The molecule has 2 aromatic heterocycles. The molecule has 1 aliphatic rings. The topological polar surface area (TPSA) is 59.8 Å². The van der Waals surface area contributed by atoms with Crippen molar-refractivity contribution in [2.45, 2.75) is 49.6 Å². The van der Waals surface area contributed by atoms with Crippen molar-refractivity contribution in [3.8, 4) is 0 Å². The molecule has 1 aliphatic carbocycles. The van der Waals surface area contributed by atoms with Crippen LogP contribution in [0.15, 0.2) is 71.2 Å². The summed E-state index contributed by atoms with van der Waals surface area (Å²) in [4.78, 5) is 14.8. The zero-order chi connectivity index (χ0) is 22.8. The second-order valence-electron chi connectivity index (χ2n) is 8.53. The molecule has 0 saturated heterocycles. The monoisotopic (exact) mass is 474 g/mol. The van der Waals surface area contributed by atoms with Crippen molar-refractivity contribution >= 4 is 34.7 Å². The van der Waals surface area contributed by atoms with Gasteiger partial charge in [0.2, 0.25) is 5.91 Å². The van der Waals surface area contributed by atoms with E-state index in [2.05, 4.69) is 43.7 Å². The molecule has 33 heavy (non-hydrogen) atoms. The van der Waals surface area contributed by atoms with Gasteiger partial charge in [-0.1, -0.05) is 54.2 Å². The summed E-state index contributed by atoms with van der Waals surface area (Å²) in [5, 5.41) is 14.7. The van der Waals surface area contributed by atoms with E-state index in [0.29, 0.717) is 6.04 Å². The summed E-state index contributed by atoms with van der Waals surface area (Å²) in [7, 11) is 0. The van der Waals surface area contributed by atoms with Gasteiger partial charge < -0.3 is 9.88 Å². The normalized spacial score (nSPS) is 14.2. The van der Waals surface area contributed by atoms with Crippen molar-refractivity contribution < 1.29 is 4.79 Å². The maximum absolute atomic E-state index is 13.5. The standard InChI is InChI=1S/C26H26N4OS2/c1-17-13-18(2)15-20(14-17)27-25(31)24(19-7-4-3-5-8-19)33-26-29-28-23(30(26)21-10-11-21)16-22-9-6-12-32-22/h3-9,12-15,21,24H,10-11,16H2,1-2H3,(H,27,31)/t24-/m0/s1. The van der Waals surface area contributed by atoms with Gasteiger partial charge in [0.05, 0.1) is 0 Å². The van der Waals surface area contributed by atoms with Crippen LogP contribution in [0, 0.1) is 13.8 Å². The van der Waals surface area contributed by atoms with Crippen molar-refractivity contribution in [1.82, 2.24) is 14.8 Å². The molecule has 1 saturated carbocycles. The van der Waals surface area contributed by atoms with Crippen molar-refractivity contribution in [1.29, 1.82) is 0 Å². The lowest BCUT2D eigenvalue weighted by Gasteiger charge is -2.18. The molecule has 2 heterocycles. The third-order valence-electron chi connectivity index (χ3n) is 5.61. The maximum Gasteiger partial charge on any atom is 0.242 e. The van der Waals surface area contributed by atoms with Crippen LogP contribution in [-0.2, 0) is 11.2 Å². The Morgan fingerprint density at radius 1 is 1.09 bits per heavy atom. The molecule has 168 valence electrons. The van der Waals surface area contributed by atoms with Crippen molar-refractivity contribution in [3.63, 3.8) is 0 Å². The van der Waals surface area contributed by atoms with Crippen molar-refractivity contribution in [2.75, 3.05) is 5.32 Å². The van der Waals surface area contributed by atoms with Crippen LogP contribution in [0.3, 0.4) is 0 Å². The average Bonchev–Trinajstić information content (AvgIpc) is 3.34. The van der Waals surface area contributed by atoms with Gasteiger partial charge in [0.1, 0.15) is 11.1 Å². The second-order valence-corrected chi connectivity index (χ2v) is 10.6. The van der Waals surface area contributed by atoms with Gasteiger partial charge in [0.15, 0.2) is 5.16 Å². The highest BCUT2D eigenvalue weighted by Gasteiger charge is 2.32. The fourth-order valence-electron chi connectivity index (χ4n) is 4.04. The highest BCUT2D eigenvalue weighted by atomic mass is 32.2. The first-order chi connectivity index (χ1) is 16.1. The molecule has 1 N–H and O–H groups in total. The van der Waals surface area contributed by atoms with Gasteiger partial charge in [0.25, 0.3) is 0 Å². The predicted molar refractivity (Wildman–Crippen MR) is 135 cm³/mol. The van der Waals surface area contributed by atoms with Crippen LogP contribution < -0.4 is 5.32 Å². The Labute approximate surface area is 202 Å². The molecule has 1 amide bonds. The fraction of sp³-hybridized carbons (Fsp3) is 0.269. The van der Waals surface area contributed by atoms with Crippen LogP contribution >= 0.6 is 23.1 Å². The van der Waals surface area contributed by atoms with E-state index in [1.54, 1.807) is 11.3 Å². The zero-order valence-corrected chi connectivity index (χ0v) is 20.3. The highest BCUT2D eigenvalue weighted by molar-refractivity contribution is 8.00. The summed E-state index contributed by atoms with van der Waals surface area (Å²) >= 11 is 3.22. The lowest BCUT2D eigenvalue weighted by Crippen LogP contribution is -2.20. The van der Waals surface area contributed by atoms with Gasteiger partial charge in [-0.3, -0.25) is 4.79 Å². The van der Waals surface area contributed by atoms with E-state index in [1.165, 1.54) is 16.6 Å². The van der Waals surface area contributed by atoms with Gasteiger partial charge in [-0.05, 0) is 67.0 Å². The van der Waals surface area contributed by atoms with E-state index in [0.717, 1.165) is 52.6 Å². The Hall–Kier alpha value is -2.90. The number of carbonyl (C=O) groups excluding carboxylic acids is 1. The van der Waals surface area contributed by atoms with Crippen LogP contribution in [0.2, 0.25) is 0 Å². The zero-order valence-electron chi connectivity index (χ0n) is 18.7. The molecule has 0 spiro atoms. The SMILES string of the molecule is Cc1cc(C)cc(NC(=O)[C@@H](Sc2nnc(Cc3cccs3)n2C2CC2)c2ccccc2)c1. The number of amides is 1. The van der Waals surface area contributed by atoms with Crippen molar-refractivity contribution in [2.24, 2.45) is 0 Å². The maximum atomic E-state index is 13.5. The van der Waals surface area contributed by atoms with Gasteiger partial charge in [-0.2, -0.15) is 0 Å². The number of carbonyl (C=O) groups is 1. The molecule has 0 bridgehead atoms. The average molecular weight is 475 g/mol. The summed E-state index contributed by atoms with van der Waals surface area (Å²) in [6.07, 6.45) is 3.04. The first kappa shape index (κ1) is 21.9. The Morgan fingerprint density at radius 3 is 2.52 bits per heavy atom. The summed E-state index contributed by atoms with van der Waals surface area (Å²) in [6, 6.07) is 20.7. The summed E-state index contributed by atoms with van der Waals surface area (Å²) in [6.45, 7) is 4.08. The molecule has 0 radical (unpaired) electrons. The molecule has 1 atom stereocenters. The number of thiophene rings is 1. The summed E-state index contributed by atoms with van der Waals surface area (Å²) in [5.41, 5.74) is 4.03. The van der Waals surface area contributed by atoms with E-state index >= 15 is 0 Å². The number of thioether (sulfide) groups is 1. The number of nitrogens with zero attached hydrogens (tertiary/aromatic N) is 3. The van der Waals surface area contributed by atoms with Gasteiger partial charge in [-0.25, -0.2) is 0 Å². The quantitative estimate of drug-likeness (QED) is 0.302. The molecule has 5 rings (SSSR count). The number of aryl methyl sites for hydroxylation is 2. The van der Waals surface area contributed by atoms with Gasteiger partial charge in [0, 0.05) is 23.0 Å². The number of hydrogen-bond donors (Lipinski definition) is 1. The van der Waals surface area contributed by atoms with Crippen LogP contribution in [0.5, 0.6) is 0 Å². The molecule has 2 aromatic carbocycles. The second kappa shape index (κ2) is 9.53. The Balaban J connectivity index is 1.44. The number of benzene rings is 2. The minimum Gasteiger partial charge on any atom is -0.325 e. The minimum atomic E-state index is -0.427. The van der Waals surface area contributed by atoms with Crippen LogP contribution in [0.25, 0.3) is 0 Å². The van der Waals surface area contributed by atoms with Crippen molar-refractivity contribution in [3.05, 3.63) is 93.4 Å².